The van der Waals surface area contributed by atoms with Crippen LogP contribution in [0.5, 0.6) is 0 Å². The summed E-state index contributed by atoms with van der Waals surface area (Å²) in [4.78, 5) is 0. The third-order valence-electron chi connectivity index (χ3n) is 23.9. The summed E-state index contributed by atoms with van der Waals surface area (Å²) >= 11 is 0. The monoisotopic (exact) mass is 1080 g/mol. The van der Waals surface area contributed by atoms with E-state index in [-0.39, 0.29) is 0 Å². The first-order valence-corrected chi connectivity index (χ1v) is 36.2. The SMILES string of the molecule is CC(C)C1CCC1.CC1(C)CCCC1.CC1CC(C)(C)C1.CCC1(C)CCC1.CCC1(C)CCC1.CCC1CC(C)C1.CCC1CCC1C.CCC1CCCC1.CCC1CC[C@@H]1C.CCCC1CCC1.C[C@H]1CCC1(C)C. The van der Waals surface area contributed by atoms with E-state index in [1.807, 2.05) is 0 Å². The zero-order valence-corrected chi connectivity index (χ0v) is 58.3. The third-order valence-corrected chi connectivity index (χ3v) is 23.9. The van der Waals surface area contributed by atoms with Gasteiger partial charge in [0.05, 0.1) is 0 Å². The Labute approximate surface area is 491 Å². The predicted octanol–water partition coefficient (Wildman–Crippen LogP) is 27.6. The van der Waals surface area contributed by atoms with E-state index in [1.165, 1.54) is 244 Å². The highest BCUT2D eigenvalue weighted by Gasteiger charge is 2.35. The highest BCUT2D eigenvalue weighted by atomic mass is 14.4. The highest BCUT2D eigenvalue weighted by molar-refractivity contribution is 4.86. The van der Waals surface area contributed by atoms with Crippen LogP contribution >= 0.6 is 0 Å². The lowest BCUT2D eigenvalue weighted by Gasteiger charge is -2.42. The molecule has 11 fully saturated rings. The van der Waals surface area contributed by atoms with Gasteiger partial charge in [0.25, 0.3) is 0 Å². The molecule has 0 aromatic carbocycles. The second-order valence-corrected chi connectivity index (χ2v) is 32.9. The van der Waals surface area contributed by atoms with Gasteiger partial charge in [-0.1, -0.05) is 306 Å². The van der Waals surface area contributed by atoms with Gasteiger partial charge in [-0.05, 0) is 188 Å². The van der Waals surface area contributed by atoms with Crippen molar-refractivity contribution >= 4 is 0 Å². The van der Waals surface area contributed by atoms with Crippen molar-refractivity contribution in [2.24, 2.45) is 98.1 Å². The maximum absolute atomic E-state index is 2.39. The Morgan fingerprint density at radius 2 is 0.792 bits per heavy atom. The maximum Gasteiger partial charge on any atom is -0.0328 e. The van der Waals surface area contributed by atoms with Crippen LogP contribution in [0.3, 0.4) is 0 Å². The minimum absolute atomic E-state index is 0.681. The average molecular weight is 1080 g/mol. The molecule has 0 bridgehead atoms. The molecule has 3 unspecified atom stereocenters. The second kappa shape index (κ2) is 39.5. The van der Waals surface area contributed by atoms with E-state index < -0.39 is 0 Å². The van der Waals surface area contributed by atoms with Crippen LogP contribution in [0.25, 0.3) is 0 Å². The molecule has 0 nitrogen and oxygen atoms in total. The van der Waals surface area contributed by atoms with Crippen molar-refractivity contribution in [2.75, 3.05) is 0 Å². The Kier molecular flexibility index (Phi) is 38.5. The molecule has 5 atom stereocenters. The second-order valence-electron chi connectivity index (χ2n) is 32.9. The number of rotatable bonds is 9. The van der Waals surface area contributed by atoms with Gasteiger partial charge >= 0.3 is 0 Å². The molecule has 0 spiro atoms. The molecule has 11 saturated carbocycles. The van der Waals surface area contributed by atoms with E-state index in [9.17, 15) is 0 Å². The first kappa shape index (κ1) is 75.0. The Hall–Kier alpha value is 0. The van der Waals surface area contributed by atoms with Crippen LogP contribution in [0.2, 0.25) is 0 Å². The quantitative estimate of drug-likeness (QED) is 0.216. The van der Waals surface area contributed by atoms with Crippen LogP contribution in [0, 0.1) is 98.1 Å². The van der Waals surface area contributed by atoms with E-state index in [1.54, 1.807) is 0 Å². The molecule has 462 valence electrons. The van der Waals surface area contributed by atoms with Gasteiger partial charge in [-0.25, -0.2) is 0 Å². The van der Waals surface area contributed by atoms with Crippen molar-refractivity contribution in [3.8, 4) is 0 Å². The van der Waals surface area contributed by atoms with Gasteiger partial charge in [0.2, 0.25) is 0 Å². The minimum atomic E-state index is 0.681. The van der Waals surface area contributed by atoms with Crippen LogP contribution in [0.1, 0.15) is 396 Å². The van der Waals surface area contributed by atoms with Crippen molar-refractivity contribution in [2.45, 2.75) is 396 Å². The molecule has 0 aliphatic heterocycles. The minimum Gasteiger partial charge on any atom is -0.0654 e. The van der Waals surface area contributed by atoms with Crippen molar-refractivity contribution in [3.05, 3.63) is 0 Å². The predicted molar refractivity (Wildman–Crippen MR) is 354 cm³/mol. The number of hydrogen-bond acceptors (Lipinski definition) is 0. The van der Waals surface area contributed by atoms with Gasteiger partial charge in [0.15, 0.2) is 0 Å². The molecule has 0 heteroatoms. The maximum atomic E-state index is 2.39. The zero-order chi connectivity index (χ0) is 58.3. The standard InChI is InChI=1S/11C7H14/c1-6-4-7(2,3)5-6;1-6-4-5-7(6,2)3;1-7(2)5-3-4-6-7;1-6(2)7-4-3-5-7;1-3-7-4-6(2)5-7;2*1-3-7(2)5-4-6-7;2*1-3-7-5-4-6(7)2;1-2-7-5-3-4-6-7;1-2-4-7-5-3-6-7/h2*6H,4-5H2,1-3H3;3-6H2,1-2H3;2*6-7H,3-5H2,1-2H3;2*3-6H2,1-2H3;2*6-7H,3-5H2,1-2H3;2*7H,2-6H2,1H3/t;6-;;;;;;6-,7?;;;/m.0.....0.../s1. The fourth-order valence-electron chi connectivity index (χ4n) is 14.2. The summed E-state index contributed by atoms with van der Waals surface area (Å²) in [6, 6.07) is 0. The summed E-state index contributed by atoms with van der Waals surface area (Å²) in [5, 5.41) is 0. The first-order valence-electron chi connectivity index (χ1n) is 36.2. The summed E-state index contributed by atoms with van der Waals surface area (Å²) in [6.07, 6.45) is 55.7. The molecule has 0 radical (unpaired) electrons. The fraction of sp³-hybridized carbons (Fsp3) is 1.00. The molecular weight excluding hydrogens is 925 g/mol. The molecule has 11 aliphatic carbocycles. The number of hydrogen-bond donors (Lipinski definition) is 0. The highest BCUT2D eigenvalue weighted by Crippen LogP contribution is 2.46. The third kappa shape index (κ3) is 32.6. The van der Waals surface area contributed by atoms with Crippen molar-refractivity contribution in [3.63, 3.8) is 0 Å². The normalized spacial score (nSPS) is 30.7. The van der Waals surface area contributed by atoms with E-state index in [4.69, 9.17) is 0 Å². The largest absolute Gasteiger partial charge is 0.0654 e. The first-order chi connectivity index (χ1) is 36.2. The van der Waals surface area contributed by atoms with E-state index in [0.29, 0.717) is 16.2 Å². The Bertz CT molecular complexity index is 1250. The van der Waals surface area contributed by atoms with Gasteiger partial charge in [-0.3, -0.25) is 0 Å². The molecule has 0 heterocycles. The molecule has 11 rings (SSSR count). The zero-order valence-electron chi connectivity index (χ0n) is 58.3. The molecular formula is C77H154. The topological polar surface area (TPSA) is 0 Å². The molecule has 11 aliphatic rings. The lowest BCUT2D eigenvalue weighted by atomic mass is 9.64. The van der Waals surface area contributed by atoms with E-state index in [2.05, 4.69) is 152 Å². The lowest BCUT2D eigenvalue weighted by Crippen LogP contribution is -2.31. The van der Waals surface area contributed by atoms with Crippen molar-refractivity contribution < 1.29 is 0 Å². The summed E-state index contributed by atoms with van der Waals surface area (Å²) in [7, 11) is 0. The smallest absolute Gasteiger partial charge is 0.0328 e. The van der Waals surface area contributed by atoms with Gasteiger partial charge in [-0.15, -0.1) is 0 Å². The molecule has 0 aromatic rings. The van der Waals surface area contributed by atoms with Crippen LogP contribution in [0.15, 0.2) is 0 Å². The Morgan fingerprint density at radius 1 is 0.377 bits per heavy atom. The molecule has 0 amide bonds. The fourth-order valence-corrected chi connectivity index (χ4v) is 14.2. The van der Waals surface area contributed by atoms with Crippen LogP contribution in [-0.4, -0.2) is 0 Å². The molecule has 0 N–H and O–H groups in total. The molecule has 0 saturated heterocycles. The summed E-state index contributed by atoms with van der Waals surface area (Å²) < 4.78 is 0. The summed E-state index contributed by atoms with van der Waals surface area (Å²) in [5.74, 6) is 12.6. The van der Waals surface area contributed by atoms with Crippen LogP contribution in [0.4, 0.5) is 0 Å². The van der Waals surface area contributed by atoms with Crippen LogP contribution in [-0.2, 0) is 0 Å². The van der Waals surface area contributed by atoms with Gasteiger partial charge < -0.3 is 0 Å². The lowest BCUT2D eigenvalue weighted by molar-refractivity contribution is 0.0892. The van der Waals surface area contributed by atoms with Crippen LogP contribution < -0.4 is 0 Å². The van der Waals surface area contributed by atoms with Gasteiger partial charge in [-0.2, -0.15) is 0 Å². The van der Waals surface area contributed by atoms with E-state index >= 15 is 0 Å². The van der Waals surface area contributed by atoms with Crippen molar-refractivity contribution in [1.82, 2.24) is 0 Å². The summed E-state index contributed by atoms with van der Waals surface area (Å²) in [6.45, 7) is 51.3. The average Bonchev–Trinajstić information content (AvgIpc) is 4.01. The Morgan fingerprint density at radius 3 is 0.857 bits per heavy atom. The molecule has 0 aromatic heterocycles. The van der Waals surface area contributed by atoms with Gasteiger partial charge in [0, 0.05) is 0 Å². The summed E-state index contributed by atoms with van der Waals surface area (Å²) in [5.41, 5.74) is 3.60. The van der Waals surface area contributed by atoms with Gasteiger partial charge in [0.1, 0.15) is 0 Å². The van der Waals surface area contributed by atoms with E-state index in [0.717, 1.165) is 81.8 Å². The molecule has 77 heavy (non-hydrogen) atoms. The Balaban J connectivity index is 0.000000423. The van der Waals surface area contributed by atoms with Crippen molar-refractivity contribution in [1.29, 1.82) is 0 Å².